The molecule has 3 aliphatic heterocycles. The molecule has 29 heavy (non-hydrogen) atoms. The van der Waals surface area contributed by atoms with Crippen LogP contribution in [-0.4, -0.2) is 47.2 Å². The first-order valence-corrected chi connectivity index (χ1v) is 9.97. The highest BCUT2D eigenvalue weighted by molar-refractivity contribution is 6.01. The Morgan fingerprint density at radius 1 is 1.14 bits per heavy atom. The second-order valence-electron chi connectivity index (χ2n) is 8.08. The Morgan fingerprint density at radius 2 is 2.03 bits per heavy atom. The number of aromatic amines is 1. The molecule has 7 heteroatoms. The fourth-order valence-corrected chi connectivity index (χ4v) is 4.64. The Hall–Kier alpha value is -2.74. The van der Waals surface area contributed by atoms with E-state index in [1.807, 2.05) is 18.2 Å². The van der Waals surface area contributed by atoms with Gasteiger partial charge in [0, 0.05) is 25.2 Å². The molecule has 1 aromatic heterocycles. The van der Waals surface area contributed by atoms with Crippen LogP contribution in [0.4, 0.5) is 0 Å². The standard InChI is InChI=1S/C22H21N3O4/c26-21-15-2-1-3-18-19(15)20(23-24-21)16-10-14(4-5-17(16)29-18)11-25-8-6-22(7-9-25)12-27-13-28-22/h1-5,10H,6-9,11-13H2,(H,24,26). The van der Waals surface area contributed by atoms with Crippen LogP contribution in [0.2, 0.25) is 0 Å². The van der Waals surface area contributed by atoms with Gasteiger partial charge in [-0.15, -0.1) is 0 Å². The van der Waals surface area contributed by atoms with Crippen LogP contribution in [0.15, 0.2) is 41.2 Å². The zero-order valence-corrected chi connectivity index (χ0v) is 15.9. The molecule has 1 N–H and O–H groups in total. The first-order valence-electron chi connectivity index (χ1n) is 9.97. The van der Waals surface area contributed by atoms with Crippen molar-refractivity contribution in [2.24, 2.45) is 0 Å². The summed E-state index contributed by atoms with van der Waals surface area (Å²) in [7, 11) is 0. The molecule has 0 unspecified atom stereocenters. The molecule has 0 bridgehead atoms. The van der Waals surface area contributed by atoms with E-state index in [0.717, 1.165) is 54.9 Å². The molecule has 1 spiro atoms. The van der Waals surface area contributed by atoms with Crippen LogP contribution in [0.1, 0.15) is 18.4 Å². The molecule has 148 valence electrons. The van der Waals surface area contributed by atoms with Crippen molar-refractivity contribution in [2.75, 3.05) is 26.5 Å². The summed E-state index contributed by atoms with van der Waals surface area (Å²) in [5.74, 6) is 1.44. The van der Waals surface area contributed by atoms with E-state index in [2.05, 4.69) is 27.2 Å². The number of likely N-dealkylation sites (tertiary alicyclic amines) is 1. The van der Waals surface area contributed by atoms with Crippen LogP contribution < -0.4 is 10.3 Å². The molecule has 3 aliphatic rings. The van der Waals surface area contributed by atoms with Crippen molar-refractivity contribution < 1.29 is 14.2 Å². The van der Waals surface area contributed by atoms with Gasteiger partial charge in [-0.3, -0.25) is 9.69 Å². The Kier molecular flexibility index (Phi) is 3.77. The summed E-state index contributed by atoms with van der Waals surface area (Å²) >= 11 is 0. The SMILES string of the molecule is O=c1[nH]nc2c3c(cccc13)Oc1ccc(CN3CCC4(CC3)COCO4)cc1-2. The van der Waals surface area contributed by atoms with E-state index in [1.165, 1.54) is 5.56 Å². The lowest BCUT2D eigenvalue weighted by Crippen LogP contribution is -2.45. The summed E-state index contributed by atoms with van der Waals surface area (Å²) in [5.41, 5.74) is 2.62. The van der Waals surface area contributed by atoms with Crippen molar-refractivity contribution in [3.05, 3.63) is 52.3 Å². The van der Waals surface area contributed by atoms with Crippen LogP contribution in [0.25, 0.3) is 22.0 Å². The average Bonchev–Trinajstić information content (AvgIpc) is 3.20. The molecule has 3 aromatic rings. The number of piperidine rings is 1. The third kappa shape index (κ3) is 2.77. The van der Waals surface area contributed by atoms with Crippen molar-refractivity contribution >= 4 is 10.8 Å². The highest BCUT2D eigenvalue weighted by Crippen LogP contribution is 2.44. The molecule has 2 fully saturated rings. The van der Waals surface area contributed by atoms with Crippen molar-refractivity contribution in [1.29, 1.82) is 0 Å². The number of benzene rings is 2. The fraction of sp³-hybridized carbons (Fsp3) is 0.364. The summed E-state index contributed by atoms with van der Waals surface area (Å²) < 4.78 is 17.3. The highest BCUT2D eigenvalue weighted by atomic mass is 16.7. The molecule has 2 aromatic carbocycles. The van der Waals surface area contributed by atoms with Gasteiger partial charge < -0.3 is 14.2 Å². The maximum Gasteiger partial charge on any atom is 0.272 e. The fourth-order valence-electron chi connectivity index (χ4n) is 4.64. The van der Waals surface area contributed by atoms with Gasteiger partial charge in [0.05, 0.1) is 23.0 Å². The smallest absolute Gasteiger partial charge is 0.272 e. The monoisotopic (exact) mass is 391 g/mol. The van der Waals surface area contributed by atoms with E-state index in [-0.39, 0.29) is 11.2 Å². The summed E-state index contributed by atoms with van der Waals surface area (Å²) in [5, 5.41) is 8.36. The van der Waals surface area contributed by atoms with Crippen LogP contribution in [0.3, 0.4) is 0 Å². The van der Waals surface area contributed by atoms with Crippen molar-refractivity contribution in [1.82, 2.24) is 15.1 Å². The van der Waals surface area contributed by atoms with Crippen LogP contribution in [0.5, 0.6) is 11.5 Å². The number of H-pyrrole nitrogens is 1. The topological polar surface area (TPSA) is 76.7 Å². The number of hydrogen-bond acceptors (Lipinski definition) is 6. The molecule has 0 atom stereocenters. The normalized spacial score (nSPS) is 20.0. The van der Waals surface area contributed by atoms with Gasteiger partial charge in [-0.1, -0.05) is 12.1 Å². The Balaban J connectivity index is 1.31. The van der Waals surface area contributed by atoms with Crippen molar-refractivity contribution in [3.8, 4) is 22.8 Å². The minimum atomic E-state index is -0.200. The predicted octanol–water partition coefficient (Wildman–Crippen LogP) is 3.03. The van der Waals surface area contributed by atoms with E-state index >= 15 is 0 Å². The lowest BCUT2D eigenvalue weighted by Gasteiger charge is -2.37. The van der Waals surface area contributed by atoms with Crippen molar-refractivity contribution in [2.45, 2.75) is 25.0 Å². The molecule has 4 heterocycles. The number of aromatic nitrogens is 2. The van der Waals surface area contributed by atoms with Gasteiger partial charge in [0.1, 0.15) is 24.0 Å². The van der Waals surface area contributed by atoms with Gasteiger partial charge in [0.2, 0.25) is 0 Å². The van der Waals surface area contributed by atoms with E-state index in [9.17, 15) is 4.79 Å². The molecule has 2 saturated heterocycles. The van der Waals surface area contributed by atoms with E-state index < -0.39 is 0 Å². The number of ether oxygens (including phenoxy) is 3. The maximum atomic E-state index is 12.2. The molecule has 6 rings (SSSR count). The van der Waals surface area contributed by atoms with Crippen LogP contribution in [0, 0.1) is 0 Å². The first-order chi connectivity index (χ1) is 14.2. The molecular weight excluding hydrogens is 370 g/mol. The second kappa shape index (κ2) is 6.38. The summed E-state index contributed by atoms with van der Waals surface area (Å²) in [6.45, 7) is 3.97. The average molecular weight is 391 g/mol. The van der Waals surface area contributed by atoms with Crippen LogP contribution in [-0.2, 0) is 16.0 Å². The highest BCUT2D eigenvalue weighted by Gasteiger charge is 2.39. The van der Waals surface area contributed by atoms with Gasteiger partial charge in [-0.2, -0.15) is 5.10 Å². The van der Waals surface area contributed by atoms with Gasteiger partial charge in [0.15, 0.2) is 0 Å². The number of nitrogens with one attached hydrogen (secondary N) is 1. The molecular formula is C22H21N3O4. The van der Waals surface area contributed by atoms with E-state index in [0.29, 0.717) is 24.5 Å². The Bertz CT molecular complexity index is 1160. The third-order valence-electron chi connectivity index (χ3n) is 6.28. The predicted molar refractivity (Wildman–Crippen MR) is 107 cm³/mol. The molecule has 0 saturated carbocycles. The Labute approximate surface area is 167 Å². The molecule has 0 aliphatic carbocycles. The lowest BCUT2D eigenvalue weighted by molar-refractivity contribution is -0.0458. The van der Waals surface area contributed by atoms with E-state index in [4.69, 9.17) is 14.2 Å². The Morgan fingerprint density at radius 3 is 2.86 bits per heavy atom. The van der Waals surface area contributed by atoms with Crippen LogP contribution >= 0.6 is 0 Å². The van der Waals surface area contributed by atoms with E-state index in [1.54, 1.807) is 6.07 Å². The molecule has 0 amide bonds. The van der Waals surface area contributed by atoms with Gasteiger partial charge in [-0.25, -0.2) is 5.10 Å². The summed E-state index contributed by atoms with van der Waals surface area (Å²) in [6.07, 6.45) is 1.99. The minimum absolute atomic E-state index is 0.0741. The second-order valence-corrected chi connectivity index (χ2v) is 8.08. The number of fused-ring (bicyclic) bond motifs is 2. The van der Waals surface area contributed by atoms with Gasteiger partial charge in [-0.05, 0) is 42.7 Å². The minimum Gasteiger partial charge on any atom is -0.456 e. The van der Waals surface area contributed by atoms with Gasteiger partial charge in [0.25, 0.3) is 5.56 Å². The summed E-state index contributed by atoms with van der Waals surface area (Å²) in [6, 6.07) is 11.7. The maximum absolute atomic E-state index is 12.2. The summed E-state index contributed by atoms with van der Waals surface area (Å²) in [4.78, 5) is 14.6. The molecule has 0 radical (unpaired) electrons. The number of hydrogen-bond donors (Lipinski definition) is 1. The number of rotatable bonds is 2. The van der Waals surface area contributed by atoms with Crippen molar-refractivity contribution in [3.63, 3.8) is 0 Å². The number of nitrogens with zero attached hydrogens (tertiary/aromatic N) is 2. The quantitative estimate of drug-likeness (QED) is 0.566. The molecule has 7 nitrogen and oxygen atoms in total. The zero-order valence-electron chi connectivity index (χ0n) is 15.9. The third-order valence-corrected chi connectivity index (χ3v) is 6.28. The lowest BCUT2D eigenvalue weighted by atomic mass is 9.92. The first kappa shape index (κ1) is 17.1. The zero-order chi connectivity index (χ0) is 19.4. The van der Waals surface area contributed by atoms with Gasteiger partial charge >= 0.3 is 0 Å². The largest absolute Gasteiger partial charge is 0.456 e.